The molecule has 3 nitrogen and oxygen atoms in total. The van der Waals surface area contributed by atoms with E-state index in [0.717, 1.165) is 25.4 Å². The van der Waals surface area contributed by atoms with Crippen LogP contribution in [0.25, 0.3) is 0 Å². The number of hydrogen-bond donors (Lipinski definition) is 1. The molecule has 3 rings (SSSR count). The maximum Gasteiger partial charge on any atom is 0.184 e. The van der Waals surface area contributed by atoms with Gasteiger partial charge in [-0.3, -0.25) is 0 Å². The van der Waals surface area contributed by atoms with E-state index < -0.39 is 0 Å². The maximum atomic E-state index is 5.70. The van der Waals surface area contributed by atoms with Crippen LogP contribution in [0.15, 0.2) is 35.3 Å². The molecule has 1 aromatic carbocycles. The van der Waals surface area contributed by atoms with E-state index in [-0.39, 0.29) is 6.04 Å². The third-order valence-corrected chi connectivity index (χ3v) is 3.52. The summed E-state index contributed by atoms with van der Waals surface area (Å²) in [6.45, 7) is 2.96. The zero-order valence-corrected chi connectivity index (χ0v) is 9.93. The minimum Gasteiger partial charge on any atom is -0.478 e. The first-order valence-electron chi connectivity index (χ1n) is 6.37. The van der Waals surface area contributed by atoms with Crippen LogP contribution in [0.3, 0.4) is 0 Å². The molecular formula is C14H18N2O. The molecule has 0 aromatic heterocycles. The average molecular weight is 230 g/mol. The Balaban J connectivity index is 1.64. The molecule has 1 fully saturated rings. The van der Waals surface area contributed by atoms with Gasteiger partial charge in [0.25, 0.3) is 0 Å². The number of ether oxygens (including phenoxy) is 1. The van der Waals surface area contributed by atoms with Gasteiger partial charge in [0.1, 0.15) is 12.6 Å². The lowest BCUT2D eigenvalue weighted by atomic mass is 10.1. The van der Waals surface area contributed by atoms with Gasteiger partial charge in [0.05, 0.1) is 0 Å². The van der Waals surface area contributed by atoms with Gasteiger partial charge < -0.3 is 10.1 Å². The molecule has 2 atom stereocenters. The highest BCUT2D eigenvalue weighted by molar-refractivity contribution is 5.78. The van der Waals surface area contributed by atoms with Crippen molar-refractivity contribution in [2.24, 2.45) is 10.9 Å². The van der Waals surface area contributed by atoms with Crippen LogP contribution in [0.4, 0.5) is 0 Å². The van der Waals surface area contributed by atoms with E-state index in [1.165, 1.54) is 12.0 Å². The van der Waals surface area contributed by atoms with Crippen LogP contribution in [0.1, 0.15) is 24.4 Å². The monoisotopic (exact) mass is 230 g/mol. The van der Waals surface area contributed by atoms with Crippen molar-refractivity contribution in [1.29, 1.82) is 0 Å². The smallest absolute Gasteiger partial charge is 0.184 e. The SMILES string of the molecule is c1ccc(C2COC(CC3CCNC3)=N2)cc1. The molecule has 0 spiro atoms. The average Bonchev–Trinajstić information content (AvgIpc) is 3.02. The molecule has 0 aliphatic carbocycles. The van der Waals surface area contributed by atoms with Crippen molar-refractivity contribution < 1.29 is 4.74 Å². The summed E-state index contributed by atoms with van der Waals surface area (Å²) >= 11 is 0. The Morgan fingerprint density at radius 3 is 2.94 bits per heavy atom. The van der Waals surface area contributed by atoms with Gasteiger partial charge >= 0.3 is 0 Å². The van der Waals surface area contributed by atoms with E-state index in [4.69, 9.17) is 4.74 Å². The van der Waals surface area contributed by atoms with Gasteiger partial charge in [-0.1, -0.05) is 30.3 Å². The molecule has 17 heavy (non-hydrogen) atoms. The second-order valence-corrected chi connectivity index (χ2v) is 4.82. The minimum atomic E-state index is 0.209. The number of aliphatic imine (C=N–C) groups is 1. The van der Waals surface area contributed by atoms with E-state index in [1.807, 2.05) is 6.07 Å². The molecule has 0 radical (unpaired) electrons. The molecule has 2 aliphatic heterocycles. The van der Waals surface area contributed by atoms with Gasteiger partial charge in [0.15, 0.2) is 5.90 Å². The van der Waals surface area contributed by atoms with Crippen molar-refractivity contribution in [3.05, 3.63) is 35.9 Å². The molecule has 90 valence electrons. The summed E-state index contributed by atoms with van der Waals surface area (Å²) in [6.07, 6.45) is 2.24. The Kier molecular flexibility index (Phi) is 3.10. The number of nitrogens with zero attached hydrogens (tertiary/aromatic N) is 1. The number of benzene rings is 1. The van der Waals surface area contributed by atoms with Gasteiger partial charge in [-0.2, -0.15) is 0 Å². The molecule has 2 unspecified atom stereocenters. The molecular weight excluding hydrogens is 212 g/mol. The Labute approximate surface area is 102 Å². The third-order valence-electron chi connectivity index (χ3n) is 3.52. The molecule has 0 amide bonds. The van der Waals surface area contributed by atoms with Gasteiger partial charge in [-0.15, -0.1) is 0 Å². The standard InChI is InChI=1S/C14H18N2O/c1-2-4-12(5-3-1)13-10-17-14(16-13)8-11-6-7-15-9-11/h1-5,11,13,15H,6-10H2. The summed E-state index contributed by atoms with van der Waals surface area (Å²) in [5.41, 5.74) is 1.26. The zero-order valence-electron chi connectivity index (χ0n) is 9.93. The van der Waals surface area contributed by atoms with Crippen LogP contribution in [0.5, 0.6) is 0 Å². The number of hydrogen-bond acceptors (Lipinski definition) is 3. The molecule has 1 saturated heterocycles. The molecule has 0 saturated carbocycles. The zero-order chi connectivity index (χ0) is 11.5. The lowest BCUT2D eigenvalue weighted by Crippen LogP contribution is -2.12. The molecule has 2 aliphatic rings. The van der Waals surface area contributed by atoms with Gasteiger partial charge in [0.2, 0.25) is 0 Å². The fraction of sp³-hybridized carbons (Fsp3) is 0.500. The summed E-state index contributed by atoms with van der Waals surface area (Å²) < 4.78 is 5.70. The van der Waals surface area contributed by atoms with E-state index >= 15 is 0 Å². The third kappa shape index (κ3) is 2.50. The second kappa shape index (κ2) is 4.88. The van der Waals surface area contributed by atoms with Crippen LogP contribution in [-0.2, 0) is 4.74 Å². The summed E-state index contributed by atoms with van der Waals surface area (Å²) in [7, 11) is 0. The Morgan fingerprint density at radius 2 is 2.18 bits per heavy atom. The topological polar surface area (TPSA) is 33.6 Å². The molecule has 3 heteroatoms. The summed E-state index contributed by atoms with van der Waals surface area (Å²) in [4.78, 5) is 4.69. The van der Waals surface area contributed by atoms with Crippen LogP contribution >= 0.6 is 0 Å². The predicted octanol–water partition coefficient (Wildman–Crippen LogP) is 2.16. The fourth-order valence-electron chi connectivity index (χ4n) is 2.52. The highest BCUT2D eigenvalue weighted by Crippen LogP contribution is 2.25. The van der Waals surface area contributed by atoms with Crippen LogP contribution in [0, 0.1) is 5.92 Å². The first-order valence-corrected chi connectivity index (χ1v) is 6.37. The highest BCUT2D eigenvalue weighted by atomic mass is 16.5. The van der Waals surface area contributed by atoms with Gasteiger partial charge in [0, 0.05) is 6.42 Å². The van der Waals surface area contributed by atoms with Gasteiger partial charge in [-0.05, 0) is 31.0 Å². The fourth-order valence-corrected chi connectivity index (χ4v) is 2.52. The first-order chi connectivity index (χ1) is 8.42. The minimum absolute atomic E-state index is 0.209. The summed E-state index contributed by atoms with van der Waals surface area (Å²) in [6, 6.07) is 10.6. The summed E-state index contributed by atoms with van der Waals surface area (Å²) in [5.74, 6) is 1.66. The molecule has 1 N–H and O–H groups in total. The molecule has 0 bridgehead atoms. The number of rotatable bonds is 3. The van der Waals surface area contributed by atoms with E-state index in [2.05, 4.69) is 34.6 Å². The largest absolute Gasteiger partial charge is 0.478 e. The normalized spacial score (nSPS) is 27.9. The lowest BCUT2D eigenvalue weighted by Gasteiger charge is -2.06. The lowest BCUT2D eigenvalue weighted by molar-refractivity contribution is 0.306. The predicted molar refractivity (Wildman–Crippen MR) is 68.2 cm³/mol. The Morgan fingerprint density at radius 1 is 1.29 bits per heavy atom. The van der Waals surface area contributed by atoms with E-state index in [0.29, 0.717) is 12.5 Å². The molecule has 1 aromatic rings. The first kappa shape index (κ1) is 10.8. The number of nitrogens with one attached hydrogen (secondary N) is 1. The van der Waals surface area contributed by atoms with Crippen molar-refractivity contribution in [2.45, 2.75) is 18.9 Å². The van der Waals surface area contributed by atoms with Crippen molar-refractivity contribution in [3.63, 3.8) is 0 Å². The maximum absolute atomic E-state index is 5.70. The van der Waals surface area contributed by atoms with Crippen molar-refractivity contribution in [1.82, 2.24) is 5.32 Å². The van der Waals surface area contributed by atoms with Crippen molar-refractivity contribution in [3.8, 4) is 0 Å². The van der Waals surface area contributed by atoms with E-state index in [9.17, 15) is 0 Å². The second-order valence-electron chi connectivity index (χ2n) is 4.82. The Hall–Kier alpha value is -1.35. The summed E-state index contributed by atoms with van der Waals surface area (Å²) in [5, 5.41) is 3.38. The van der Waals surface area contributed by atoms with Crippen LogP contribution < -0.4 is 5.32 Å². The van der Waals surface area contributed by atoms with Crippen LogP contribution in [0.2, 0.25) is 0 Å². The highest BCUT2D eigenvalue weighted by Gasteiger charge is 2.24. The van der Waals surface area contributed by atoms with E-state index in [1.54, 1.807) is 0 Å². The Bertz CT molecular complexity index is 396. The molecule has 2 heterocycles. The van der Waals surface area contributed by atoms with Crippen LogP contribution in [-0.4, -0.2) is 25.6 Å². The van der Waals surface area contributed by atoms with Gasteiger partial charge in [-0.25, -0.2) is 4.99 Å². The van der Waals surface area contributed by atoms with Crippen molar-refractivity contribution >= 4 is 5.90 Å². The van der Waals surface area contributed by atoms with Crippen molar-refractivity contribution in [2.75, 3.05) is 19.7 Å². The quantitative estimate of drug-likeness (QED) is 0.863.